The third-order valence-electron chi connectivity index (χ3n) is 5.14. The highest BCUT2D eigenvalue weighted by Gasteiger charge is 2.25. The molecule has 3 rings (SSSR count). The Morgan fingerprint density at radius 2 is 1.74 bits per heavy atom. The first-order chi connectivity index (χ1) is 16.3. The van der Waals surface area contributed by atoms with Gasteiger partial charge in [0.05, 0.1) is 26.0 Å². The molecule has 0 aliphatic heterocycles. The van der Waals surface area contributed by atoms with Gasteiger partial charge in [0, 0.05) is 24.4 Å². The van der Waals surface area contributed by atoms with Crippen molar-refractivity contribution >= 4 is 29.3 Å². The molecule has 0 radical (unpaired) electrons. The van der Waals surface area contributed by atoms with E-state index in [1.807, 2.05) is 37.6 Å². The van der Waals surface area contributed by atoms with E-state index in [4.69, 9.17) is 9.47 Å². The second-order valence-corrected chi connectivity index (χ2v) is 8.83. The van der Waals surface area contributed by atoms with Crippen molar-refractivity contribution < 1.29 is 19.1 Å². The average molecular weight is 484 g/mol. The lowest BCUT2D eigenvalue weighted by atomic mass is 10.0. The number of methoxy groups -OCH3 is 2. The standard InChI is InChI=1S/C24H29N5O4S/c1-15(2)21(26-23(31)16-9-11-18(32-4)12-10-16)22-27-28-24(29(22)3)34-14-20(30)25-17-7-6-8-19(13-17)33-5/h6-13,15,21H,14H2,1-5H3,(H,25,30)(H,26,31)/t21-/m1/s1. The first-order valence-electron chi connectivity index (χ1n) is 10.7. The van der Waals surface area contributed by atoms with Gasteiger partial charge in [0.2, 0.25) is 5.91 Å². The summed E-state index contributed by atoms with van der Waals surface area (Å²) in [5, 5.41) is 15.0. The lowest BCUT2D eigenvalue weighted by Crippen LogP contribution is -2.33. The molecule has 1 atom stereocenters. The molecular weight excluding hydrogens is 454 g/mol. The Morgan fingerprint density at radius 1 is 1.03 bits per heavy atom. The predicted octanol–water partition coefficient (Wildman–Crippen LogP) is 3.69. The molecule has 0 spiro atoms. The van der Waals surface area contributed by atoms with Crippen LogP contribution < -0.4 is 20.1 Å². The maximum absolute atomic E-state index is 12.8. The summed E-state index contributed by atoms with van der Waals surface area (Å²) in [6.07, 6.45) is 0. The Balaban J connectivity index is 1.65. The third kappa shape index (κ3) is 6.28. The fourth-order valence-electron chi connectivity index (χ4n) is 3.25. The molecule has 0 saturated heterocycles. The molecule has 2 N–H and O–H groups in total. The Bertz CT molecular complexity index is 1130. The third-order valence-corrected chi connectivity index (χ3v) is 6.16. The van der Waals surface area contributed by atoms with Crippen molar-refractivity contribution in [2.45, 2.75) is 25.0 Å². The van der Waals surface area contributed by atoms with Crippen LogP contribution in [0.5, 0.6) is 11.5 Å². The molecule has 0 bridgehead atoms. The number of amides is 2. The molecular formula is C24H29N5O4S. The number of benzene rings is 2. The number of rotatable bonds is 10. The second kappa shape index (κ2) is 11.6. The molecule has 0 unspecified atom stereocenters. The smallest absolute Gasteiger partial charge is 0.251 e. The Labute approximate surface area is 203 Å². The van der Waals surface area contributed by atoms with Crippen LogP contribution in [0.4, 0.5) is 5.69 Å². The van der Waals surface area contributed by atoms with E-state index in [0.717, 1.165) is 0 Å². The zero-order valence-corrected chi connectivity index (χ0v) is 20.7. The summed E-state index contributed by atoms with van der Waals surface area (Å²) in [4.78, 5) is 25.2. The van der Waals surface area contributed by atoms with Gasteiger partial charge in [0.25, 0.3) is 5.91 Å². The van der Waals surface area contributed by atoms with Crippen molar-refractivity contribution in [2.75, 3.05) is 25.3 Å². The topological polar surface area (TPSA) is 107 Å². The van der Waals surface area contributed by atoms with E-state index in [9.17, 15) is 9.59 Å². The summed E-state index contributed by atoms with van der Waals surface area (Å²) in [6.45, 7) is 4.00. The number of hydrogen-bond donors (Lipinski definition) is 2. The molecule has 0 aliphatic rings. The molecule has 0 saturated carbocycles. The van der Waals surface area contributed by atoms with Crippen LogP contribution in [-0.2, 0) is 11.8 Å². The van der Waals surface area contributed by atoms with Crippen LogP contribution in [0, 0.1) is 5.92 Å². The molecule has 1 aromatic heterocycles. The largest absolute Gasteiger partial charge is 0.497 e. The van der Waals surface area contributed by atoms with Crippen LogP contribution in [0.2, 0.25) is 0 Å². The van der Waals surface area contributed by atoms with E-state index < -0.39 is 0 Å². The van der Waals surface area contributed by atoms with Crippen molar-refractivity contribution in [3.05, 3.63) is 59.9 Å². The molecule has 34 heavy (non-hydrogen) atoms. The van der Waals surface area contributed by atoms with Crippen LogP contribution in [0.15, 0.2) is 53.7 Å². The SMILES string of the molecule is COc1ccc(C(=O)N[C@@H](c2nnc(SCC(=O)Nc3cccc(OC)c3)n2C)C(C)C)cc1. The van der Waals surface area contributed by atoms with Crippen LogP contribution >= 0.6 is 11.8 Å². The molecule has 180 valence electrons. The van der Waals surface area contributed by atoms with E-state index in [0.29, 0.717) is 33.7 Å². The van der Waals surface area contributed by atoms with Crippen molar-refractivity contribution in [2.24, 2.45) is 13.0 Å². The monoisotopic (exact) mass is 483 g/mol. The minimum Gasteiger partial charge on any atom is -0.497 e. The minimum absolute atomic E-state index is 0.0688. The van der Waals surface area contributed by atoms with Crippen LogP contribution in [-0.4, -0.2) is 46.6 Å². The van der Waals surface area contributed by atoms with Gasteiger partial charge in [-0.15, -0.1) is 10.2 Å². The highest BCUT2D eigenvalue weighted by Crippen LogP contribution is 2.25. The molecule has 3 aromatic rings. The molecule has 10 heteroatoms. The summed E-state index contributed by atoms with van der Waals surface area (Å²) in [5.74, 6) is 1.81. The van der Waals surface area contributed by atoms with Gasteiger partial charge in [-0.05, 0) is 42.3 Å². The number of thioether (sulfide) groups is 1. The zero-order chi connectivity index (χ0) is 24.7. The summed E-state index contributed by atoms with van der Waals surface area (Å²) < 4.78 is 12.1. The first-order valence-corrected chi connectivity index (χ1v) is 11.7. The van der Waals surface area contributed by atoms with Gasteiger partial charge < -0.3 is 24.7 Å². The highest BCUT2D eigenvalue weighted by atomic mass is 32.2. The van der Waals surface area contributed by atoms with Gasteiger partial charge in [-0.25, -0.2) is 0 Å². The van der Waals surface area contributed by atoms with E-state index in [-0.39, 0.29) is 29.5 Å². The molecule has 9 nitrogen and oxygen atoms in total. The fraction of sp³-hybridized carbons (Fsp3) is 0.333. The summed E-state index contributed by atoms with van der Waals surface area (Å²) in [7, 11) is 4.98. The summed E-state index contributed by atoms with van der Waals surface area (Å²) in [5.41, 5.74) is 1.18. The van der Waals surface area contributed by atoms with Gasteiger partial charge in [-0.3, -0.25) is 9.59 Å². The number of nitrogens with zero attached hydrogens (tertiary/aromatic N) is 3. The Hall–Kier alpha value is -3.53. The van der Waals surface area contributed by atoms with Crippen molar-refractivity contribution in [1.29, 1.82) is 0 Å². The van der Waals surface area contributed by atoms with Crippen LogP contribution in [0.3, 0.4) is 0 Å². The van der Waals surface area contributed by atoms with Gasteiger partial charge in [0.15, 0.2) is 11.0 Å². The minimum atomic E-state index is -0.355. The summed E-state index contributed by atoms with van der Waals surface area (Å²) in [6, 6.07) is 13.7. The Morgan fingerprint density at radius 3 is 2.38 bits per heavy atom. The average Bonchev–Trinajstić information content (AvgIpc) is 3.20. The predicted molar refractivity (Wildman–Crippen MR) is 131 cm³/mol. The zero-order valence-electron chi connectivity index (χ0n) is 19.9. The molecule has 0 fully saturated rings. The van der Waals surface area contributed by atoms with E-state index in [2.05, 4.69) is 20.8 Å². The fourth-order valence-corrected chi connectivity index (χ4v) is 3.97. The number of anilines is 1. The number of nitrogens with one attached hydrogen (secondary N) is 2. The van der Waals surface area contributed by atoms with Gasteiger partial charge in [-0.1, -0.05) is 31.7 Å². The highest BCUT2D eigenvalue weighted by molar-refractivity contribution is 7.99. The van der Waals surface area contributed by atoms with Crippen LogP contribution in [0.25, 0.3) is 0 Å². The van der Waals surface area contributed by atoms with Gasteiger partial charge >= 0.3 is 0 Å². The lowest BCUT2D eigenvalue weighted by molar-refractivity contribution is -0.113. The van der Waals surface area contributed by atoms with Crippen molar-refractivity contribution in [3.63, 3.8) is 0 Å². The van der Waals surface area contributed by atoms with Crippen LogP contribution in [0.1, 0.15) is 36.1 Å². The number of carbonyl (C=O) groups is 2. The maximum atomic E-state index is 12.8. The number of carbonyl (C=O) groups excluding carboxylic acids is 2. The normalized spacial score (nSPS) is 11.7. The second-order valence-electron chi connectivity index (χ2n) is 7.89. The number of aromatic nitrogens is 3. The first kappa shape index (κ1) is 25.1. The van der Waals surface area contributed by atoms with Gasteiger partial charge in [-0.2, -0.15) is 0 Å². The molecule has 0 aliphatic carbocycles. The summed E-state index contributed by atoms with van der Waals surface area (Å²) >= 11 is 1.27. The molecule has 2 aromatic carbocycles. The Kier molecular flexibility index (Phi) is 8.53. The van der Waals surface area contributed by atoms with Crippen molar-refractivity contribution in [1.82, 2.24) is 20.1 Å². The van der Waals surface area contributed by atoms with E-state index in [1.54, 1.807) is 50.6 Å². The number of ether oxygens (including phenoxy) is 2. The molecule has 1 heterocycles. The van der Waals surface area contributed by atoms with E-state index in [1.165, 1.54) is 11.8 Å². The maximum Gasteiger partial charge on any atom is 0.251 e. The number of hydrogen-bond acceptors (Lipinski definition) is 7. The van der Waals surface area contributed by atoms with Gasteiger partial charge in [0.1, 0.15) is 11.5 Å². The quantitative estimate of drug-likeness (QED) is 0.424. The lowest BCUT2D eigenvalue weighted by Gasteiger charge is -2.21. The van der Waals surface area contributed by atoms with Crippen molar-refractivity contribution in [3.8, 4) is 11.5 Å². The van der Waals surface area contributed by atoms with E-state index >= 15 is 0 Å². The molecule has 2 amide bonds.